The van der Waals surface area contributed by atoms with Crippen LogP contribution in [0.15, 0.2) is 42.5 Å². The maximum absolute atomic E-state index is 12.4. The number of ether oxygens (including phenoxy) is 5. The third-order valence-corrected chi connectivity index (χ3v) is 7.26. The summed E-state index contributed by atoms with van der Waals surface area (Å²) in [6.45, 7) is 0.804. The Balaban J connectivity index is 1.44. The molecule has 0 aromatic heterocycles. The van der Waals surface area contributed by atoms with Gasteiger partial charge in [0.2, 0.25) is 0 Å². The van der Waals surface area contributed by atoms with E-state index in [9.17, 15) is 50.8 Å². The van der Waals surface area contributed by atoms with E-state index >= 15 is 0 Å². The van der Waals surface area contributed by atoms with Gasteiger partial charge in [0.1, 0.15) is 49.3 Å². The highest BCUT2D eigenvalue weighted by Gasteiger charge is 2.50. The standard InChI is InChI=1S/C29H36O15/c1-13-22(35)24(37)25(38)29(42-13)44-27-23(36)20(12-41-21(34)7-4-14-2-5-16(30)18(32)10-14)43-28(26(27)39)40-9-8-15-3-6-17(31)19(33)11-15/h2-7,10-11,13,20,22-33,35-39H,8-9,12H2,1H3/b7-4+/t13?,20?,22-,23-,24?,25+,26+,27?,28-,29+/m1/s1. The van der Waals surface area contributed by atoms with E-state index < -0.39 is 74.0 Å². The minimum Gasteiger partial charge on any atom is -0.504 e. The molecule has 242 valence electrons. The zero-order valence-electron chi connectivity index (χ0n) is 23.5. The van der Waals surface area contributed by atoms with E-state index in [1.807, 2.05) is 0 Å². The molecule has 4 rings (SSSR count). The number of hydrogen-bond donors (Lipinski definition) is 9. The fourth-order valence-corrected chi connectivity index (χ4v) is 4.66. The van der Waals surface area contributed by atoms with Gasteiger partial charge in [-0.3, -0.25) is 0 Å². The van der Waals surface area contributed by atoms with Crippen LogP contribution < -0.4 is 0 Å². The molecular formula is C29H36O15. The average molecular weight is 625 g/mol. The van der Waals surface area contributed by atoms with Crippen molar-refractivity contribution in [1.29, 1.82) is 0 Å². The lowest BCUT2D eigenvalue weighted by Gasteiger charge is -2.45. The zero-order chi connectivity index (χ0) is 32.1. The Labute approximate surface area is 251 Å². The Bertz CT molecular complexity index is 1300. The van der Waals surface area contributed by atoms with Gasteiger partial charge in [-0.25, -0.2) is 4.79 Å². The first-order valence-corrected chi connectivity index (χ1v) is 13.7. The molecule has 9 N–H and O–H groups in total. The van der Waals surface area contributed by atoms with Crippen LogP contribution in [0.5, 0.6) is 23.0 Å². The number of carbonyl (C=O) groups is 1. The quantitative estimate of drug-likeness (QED) is 0.0873. The predicted octanol–water partition coefficient (Wildman–Crippen LogP) is -1.02. The second-order valence-corrected chi connectivity index (χ2v) is 10.5. The summed E-state index contributed by atoms with van der Waals surface area (Å²) in [7, 11) is 0. The summed E-state index contributed by atoms with van der Waals surface area (Å²) in [4.78, 5) is 12.4. The molecule has 10 atom stereocenters. The lowest BCUT2D eigenvalue weighted by Crippen LogP contribution is -2.64. The van der Waals surface area contributed by atoms with E-state index in [0.29, 0.717) is 11.1 Å². The molecule has 2 heterocycles. The zero-order valence-corrected chi connectivity index (χ0v) is 23.5. The Morgan fingerprint density at radius 1 is 0.795 bits per heavy atom. The van der Waals surface area contributed by atoms with Crippen molar-refractivity contribution in [3.8, 4) is 23.0 Å². The van der Waals surface area contributed by atoms with Gasteiger partial charge in [0, 0.05) is 6.08 Å². The molecule has 2 aromatic rings. The second-order valence-electron chi connectivity index (χ2n) is 10.5. The number of benzene rings is 2. The highest BCUT2D eigenvalue weighted by atomic mass is 16.7. The Kier molecular flexibility index (Phi) is 11.0. The summed E-state index contributed by atoms with van der Waals surface area (Å²) in [6.07, 6.45) is -12.5. The molecule has 0 radical (unpaired) electrons. The molecule has 2 aliphatic heterocycles. The first-order valence-electron chi connectivity index (χ1n) is 13.7. The molecule has 2 aromatic carbocycles. The van der Waals surface area contributed by atoms with E-state index in [2.05, 4.69) is 0 Å². The fourth-order valence-electron chi connectivity index (χ4n) is 4.66. The molecule has 15 nitrogen and oxygen atoms in total. The van der Waals surface area contributed by atoms with Crippen LogP contribution in [0.2, 0.25) is 0 Å². The van der Waals surface area contributed by atoms with Crippen molar-refractivity contribution in [3.05, 3.63) is 53.6 Å². The van der Waals surface area contributed by atoms with E-state index in [0.717, 1.165) is 6.08 Å². The number of aliphatic hydroxyl groups is 5. The SMILES string of the molecule is CC1O[C@@H](OC2[C@H](O)C(COC(=O)/C=C/c3ccc(O)c(O)c3)O[C@@H](OCCc3ccc(O)c(O)c3)[C@H]2O)[C@@H](O)C(O)[C@@H]1O. The summed E-state index contributed by atoms with van der Waals surface area (Å²) in [5.41, 5.74) is 0.962. The first kappa shape index (κ1) is 33.4. The average Bonchev–Trinajstić information content (AvgIpc) is 2.99. The van der Waals surface area contributed by atoms with Gasteiger partial charge in [-0.05, 0) is 54.8 Å². The largest absolute Gasteiger partial charge is 0.504 e. The van der Waals surface area contributed by atoms with Crippen molar-refractivity contribution in [1.82, 2.24) is 0 Å². The van der Waals surface area contributed by atoms with Crippen LogP contribution in [-0.2, 0) is 34.9 Å². The van der Waals surface area contributed by atoms with E-state index in [4.69, 9.17) is 23.7 Å². The smallest absolute Gasteiger partial charge is 0.330 e. The van der Waals surface area contributed by atoms with Gasteiger partial charge in [-0.1, -0.05) is 12.1 Å². The van der Waals surface area contributed by atoms with Gasteiger partial charge >= 0.3 is 5.97 Å². The van der Waals surface area contributed by atoms with Crippen molar-refractivity contribution in [2.45, 2.75) is 74.8 Å². The summed E-state index contributed by atoms with van der Waals surface area (Å²) >= 11 is 0. The van der Waals surface area contributed by atoms with Crippen LogP contribution in [0.3, 0.4) is 0 Å². The maximum atomic E-state index is 12.4. The number of carbonyl (C=O) groups excluding carboxylic acids is 1. The summed E-state index contributed by atoms with van der Waals surface area (Å²) in [6, 6.07) is 8.05. The number of aliphatic hydroxyl groups excluding tert-OH is 5. The van der Waals surface area contributed by atoms with Gasteiger partial charge in [-0.2, -0.15) is 0 Å². The molecule has 0 amide bonds. The molecule has 0 spiro atoms. The fraction of sp³-hybridized carbons (Fsp3) is 0.483. The summed E-state index contributed by atoms with van der Waals surface area (Å²) in [5, 5.41) is 90.8. The van der Waals surface area contributed by atoms with E-state index in [1.165, 1.54) is 43.3 Å². The molecule has 44 heavy (non-hydrogen) atoms. The number of hydrogen-bond acceptors (Lipinski definition) is 15. The minimum absolute atomic E-state index is 0.0754. The predicted molar refractivity (Wildman–Crippen MR) is 147 cm³/mol. The summed E-state index contributed by atoms with van der Waals surface area (Å²) in [5.74, 6) is -2.23. The first-order chi connectivity index (χ1) is 20.8. The van der Waals surface area contributed by atoms with Crippen molar-refractivity contribution >= 4 is 12.0 Å². The van der Waals surface area contributed by atoms with Crippen molar-refractivity contribution in [3.63, 3.8) is 0 Å². The van der Waals surface area contributed by atoms with Crippen LogP contribution in [0.4, 0.5) is 0 Å². The van der Waals surface area contributed by atoms with Gasteiger partial charge in [0.15, 0.2) is 35.6 Å². The summed E-state index contributed by atoms with van der Waals surface area (Å²) < 4.78 is 27.7. The molecule has 2 fully saturated rings. The Morgan fingerprint density at radius 2 is 1.48 bits per heavy atom. The van der Waals surface area contributed by atoms with Crippen molar-refractivity contribution in [2.24, 2.45) is 0 Å². The Morgan fingerprint density at radius 3 is 2.16 bits per heavy atom. The van der Waals surface area contributed by atoms with E-state index in [-0.39, 0.29) is 36.0 Å². The molecule has 0 bridgehead atoms. The lowest BCUT2D eigenvalue weighted by molar-refractivity contribution is -0.357. The van der Waals surface area contributed by atoms with Crippen LogP contribution >= 0.6 is 0 Å². The molecular weight excluding hydrogens is 588 g/mol. The highest BCUT2D eigenvalue weighted by molar-refractivity contribution is 5.87. The van der Waals surface area contributed by atoms with Gasteiger partial charge in [0.25, 0.3) is 0 Å². The minimum atomic E-state index is -1.74. The van der Waals surface area contributed by atoms with Crippen LogP contribution in [-0.4, -0.2) is 127 Å². The lowest BCUT2D eigenvalue weighted by atomic mass is 9.97. The third kappa shape index (κ3) is 7.95. The number of esters is 1. The molecule has 4 unspecified atom stereocenters. The molecule has 15 heteroatoms. The van der Waals surface area contributed by atoms with Gasteiger partial charge in [0.05, 0.1) is 12.7 Å². The number of rotatable bonds is 10. The van der Waals surface area contributed by atoms with Gasteiger partial charge < -0.3 is 69.6 Å². The van der Waals surface area contributed by atoms with Crippen LogP contribution in [0.1, 0.15) is 18.1 Å². The normalized spacial score (nSPS) is 32.5. The molecule has 0 aliphatic carbocycles. The van der Waals surface area contributed by atoms with E-state index in [1.54, 1.807) is 6.07 Å². The van der Waals surface area contributed by atoms with Crippen LogP contribution in [0, 0.1) is 0 Å². The molecule has 0 saturated carbocycles. The Hall–Kier alpha value is -3.51. The number of aromatic hydroxyl groups is 4. The van der Waals surface area contributed by atoms with Crippen molar-refractivity contribution in [2.75, 3.05) is 13.2 Å². The van der Waals surface area contributed by atoms with Gasteiger partial charge in [-0.15, -0.1) is 0 Å². The maximum Gasteiger partial charge on any atom is 0.330 e. The molecule has 2 saturated heterocycles. The van der Waals surface area contributed by atoms with Crippen LogP contribution in [0.25, 0.3) is 6.08 Å². The van der Waals surface area contributed by atoms with Crippen molar-refractivity contribution < 1.29 is 74.4 Å². The topological polar surface area (TPSA) is 245 Å². The molecule has 2 aliphatic rings. The number of phenolic OH excluding ortho intramolecular Hbond substituents is 4. The third-order valence-electron chi connectivity index (χ3n) is 7.26. The monoisotopic (exact) mass is 624 g/mol. The highest BCUT2D eigenvalue weighted by Crippen LogP contribution is 2.31. The number of phenols is 4. The second kappa shape index (κ2) is 14.5.